The van der Waals surface area contributed by atoms with Crippen molar-refractivity contribution < 1.29 is 0 Å². The first-order chi connectivity index (χ1) is 7.91. The van der Waals surface area contributed by atoms with Crippen molar-refractivity contribution in [1.29, 1.82) is 0 Å². The fourth-order valence-corrected chi connectivity index (χ4v) is 2.04. The van der Waals surface area contributed by atoms with Crippen molar-refractivity contribution >= 4 is 21.9 Å². The van der Waals surface area contributed by atoms with Gasteiger partial charge in [0.2, 0.25) is 0 Å². The van der Waals surface area contributed by atoms with Crippen LogP contribution in [0.1, 0.15) is 11.1 Å². The minimum absolute atomic E-state index is 0.688. The van der Waals surface area contributed by atoms with Gasteiger partial charge in [-0.25, -0.2) is 4.99 Å². The molecular formula is C13H20BrN3. The predicted molar refractivity (Wildman–Crippen MR) is 77.4 cm³/mol. The highest BCUT2D eigenvalue weighted by Gasteiger charge is 2.05. The predicted octanol–water partition coefficient (Wildman–Crippen LogP) is 2.74. The summed E-state index contributed by atoms with van der Waals surface area (Å²) in [4.78, 5) is 8.67. The van der Waals surface area contributed by atoms with Crippen LogP contribution in [0.15, 0.2) is 27.7 Å². The lowest BCUT2D eigenvalue weighted by molar-refractivity contribution is 0.479. The van der Waals surface area contributed by atoms with Crippen molar-refractivity contribution in [3.63, 3.8) is 0 Å². The Kier molecular flexibility index (Phi) is 5.00. The maximum absolute atomic E-state index is 4.63. The summed E-state index contributed by atoms with van der Waals surface area (Å²) in [6.45, 7) is 2.78. The molecule has 0 aromatic heterocycles. The topological polar surface area (TPSA) is 18.8 Å². The first-order valence-corrected chi connectivity index (χ1v) is 6.35. The number of nitrogens with zero attached hydrogens (tertiary/aromatic N) is 3. The Balaban J connectivity index is 2.90. The van der Waals surface area contributed by atoms with Crippen LogP contribution in [-0.2, 0) is 6.54 Å². The molecule has 0 fully saturated rings. The molecule has 1 aromatic rings. The first-order valence-electron chi connectivity index (χ1n) is 5.56. The van der Waals surface area contributed by atoms with Crippen LogP contribution in [0.2, 0.25) is 0 Å². The van der Waals surface area contributed by atoms with Crippen LogP contribution in [0.25, 0.3) is 0 Å². The quantitative estimate of drug-likeness (QED) is 0.617. The van der Waals surface area contributed by atoms with Crippen LogP contribution in [-0.4, -0.2) is 44.0 Å². The third kappa shape index (κ3) is 4.04. The third-order valence-corrected chi connectivity index (χ3v) is 3.17. The van der Waals surface area contributed by atoms with E-state index in [0.717, 1.165) is 10.4 Å². The van der Waals surface area contributed by atoms with Crippen LogP contribution in [0.4, 0.5) is 0 Å². The molecule has 0 aliphatic carbocycles. The van der Waals surface area contributed by atoms with E-state index in [1.54, 1.807) is 0 Å². The molecule has 0 aliphatic rings. The van der Waals surface area contributed by atoms with Gasteiger partial charge in [0.05, 0.1) is 6.54 Å². The zero-order valence-corrected chi connectivity index (χ0v) is 12.7. The van der Waals surface area contributed by atoms with Crippen molar-refractivity contribution in [2.75, 3.05) is 28.2 Å². The van der Waals surface area contributed by atoms with Crippen molar-refractivity contribution in [2.24, 2.45) is 4.99 Å². The number of guanidine groups is 1. The van der Waals surface area contributed by atoms with Gasteiger partial charge >= 0.3 is 0 Å². The molecule has 0 saturated carbocycles. The first kappa shape index (κ1) is 14.0. The summed E-state index contributed by atoms with van der Waals surface area (Å²) in [7, 11) is 8.02. The highest BCUT2D eigenvalue weighted by Crippen LogP contribution is 2.19. The second-order valence-electron chi connectivity index (χ2n) is 4.50. The summed E-state index contributed by atoms with van der Waals surface area (Å²) < 4.78 is 1.11. The highest BCUT2D eigenvalue weighted by molar-refractivity contribution is 9.10. The fraction of sp³-hybridized carbons (Fsp3) is 0.462. The molecule has 0 atom stereocenters. The maximum Gasteiger partial charge on any atom is 0.195 e. The Morgan fingerprint density at radius 1 is 1.18 bits per heavy atom. The minimum atomic E-state index is 0.688. The van der Waals surface area contributed by atoms with Crippen LogP contribution < -0.4 is 0 Å². The monoisotopic (exact) mass is 297 g/mol. The van der Waals surface area contributed by atoms with Crippen molar-refractivity contribution in [3.8, 4) is 0 Å². The molecule has 0 unspecified atom stereocenters. The molecule has 3 nitrogen and oxygen atoms in total. The molecule has 0 radical (unpaired) electrons. The second-order valence-corrected chi connectivity index (χ2v) is 5.35. The molecule has 0 saturated heterocycles. The number of halogens is 1. The van der Waals surface area contributed by atoms with Gasteiger partial charge in [0.25, 0.3) is 0 Å². The number of benzene rings is 1. The largest absolute Gasteiger partial charge is 0.349 e. The smallest absolute Gasteiger partial charge is 0.195 e. The molecule has 94 valence electrons. The number of hydrogen-bond donors (Lipinski definition) is 0. The fourth-order valence-electron chi connectivity index (χ4n) is 1.66. The van der Waals surface area contributed by atoms with Crippen LogP contribution in [0, 0.1) is 6.92 Å². The van der Waals surface area contributed by atoms with E-state index >= 15 is 0 Å². The average molecular weight is 298 g/mol. The van der Waals surface area contributed by atoms with Gasteiger partial charge in [-0.15, -0.1) is 0 Å². The Hall–Kier alpha value is -1.03. The second kappa shape index (κ2) is 6.05. The number of rotatable bonds is 2. The molecule has 0 bridgehead atoms. The zero-order valence-electron chi connectivity index (χ0n) is 11.2. The number of aliphatic imine (C=N–C) groups is 1. The van der Waals surface area contributed by atoms with Gasteiger partial charge in [0, 0.05) is 32.7 Å². The van der Waals surface area contributed by atoms with E-state index in [2.05, 4.69) is 46.0 Å². The van der Waals surface area contributed by atoms with Gasteiger partial charge in [0.15, 0.2) is 5.96 Å². The van der Waals surface area contributed by atoms with E-state index in [1.165, 1.54) is 11.1 Å². The van der Waals surface area contributed by atoms with Crippen molar-refractivity contribution in [1.82, 2.24) is 9.80 Å². The normalized spacial score (nSPS) is 10.0. The summed E-state index contributed by atoms with van der Waals surface area (Å²) in [5, 5.41) is 0. The lowest BCUT2D eigenvalue weighted by Gasteiger charge is -2.22. The summed E-state index contributed by atoms with van der Waals surface area (Å²) in [5.74, 6) is 0.971. The van der Waals surface area contributed by atoms with Gasteiger partial charge < -0.3 is 9.80 Å². The summed E-state index contributed by atoms with van der Waals surface area (Å²) in [5.41, 5.74) is 2.47. The number of aryl methyl sites for hydroxylation is 1. The van der Waals surface area contributed by atoms with E-state index in [-0.39, 0.29) is 0 Å². The Bertz CT molecular complexity index is 401. The van der Waals surface area contributed by atoms with Gasteiger partial charge in [-0.3, -0.25) is 0 Å². The SMILES string of the molecule is Cc1ccc(Br)c(CN=C(N(C)C)N(C)C)c1. The Morgan fingerprint density at radius 3 is 2.29 bits per heavy atom. The van der Waals surface area contributed by atoms with Gasteiger partial charge in [0.1, 0.15) is 0 Å². The van der Waals surface area contributed by atoms with Crippen LogP contribution >= 0.6 is 15.9 Å². The molecule has 0 amide bonds. The molecule has 1 aromatic carbocycles. The van der Waals surface area contributed by atoms with E-state index in [4.69, 9.17) is 0 Å². The molecule has 1 rings (SSSR count). The van der Waals surface area contributed by atoms with Crippen molar-refractivity contribution in [3.05, 3.63) is 33.8 Å². The lowest BCUT2D eigenvalue weighted by Crippen LogP contribution is -2.35. The molecule has 0 spiro atoms. The van der Waals surface area contributed by atoms with Crippen LogP contribution in [0.5, 0.6) is 0 Å². The van der Waals surface area contributed by atoms with E-state index in [1.807, 2.05) is 38.0 Å². The molecule has 0 aliphatic heterocycles. The van der Waals surface area contributed by atoms with Crippen LogP contribution in [0.3, 0.4) is 0 Å². The van der Waals surface area contributed by atoms with Gasteiger partial charge in [-0.1, -0.05) is 33.6 Å². The highest BCUT2D eigenvalue weighted by atomic mass is 79.9. The standard InChI is InChI=1S/C13H20BrN3/c1-10-6-7-12(14)11(8-10)9-15-13(16(2)3)17(4)5/h6-8H,9H2,1-5H3. The summed E-state index contributed by atoms with van der Waals surface area (Å²) >= 11 is 3.56. The van der Waals surface area contributed by atoms with Crippen molar-refractivity contribution in [2.45, 2.75) is 13.5 Å². The molecule has 17 heavy (non-hydrogen) atoms. The molecular weight excluding hydrogens is 278 g/mol. The van der Waals surface area contributed by atoms with E-state index in [9.17, 15) is 0 Å². The minimum Gasteiger partial charge on any atom is -0.349 e. The van der Waals surface area contributed by atoms with Gasteiger partial charge in [-0.2, -0.15) is 0 Å². The average Bonchev–Trinajstić information content (AvgIpc) is 2.22. The van der Waals surface area contributed by atoms with E-state index < -0.39 is 0 Å². The Morgan fingerprint density at radius 2 is 1.76 bits per heavy atom. The summed E-state index contributed by atoms with van der Waals surface area (Å²) in [6.07, 6.45) is 0. The lowest BCUT2D eigenvalue weighted by atomic mass is 10.1. The maximum atomic E-state index is 4.63. The molecule has 0 heterocycles. The third-order valence-electron chi connectivity index (χ3n) is 2.39. The van der Waals surface area contributed by atoms with E-state index in [0.29, 0.717) is 6.54 Å². The Labute approximate surface area is 112 Å². The zero-order chi connectivity index (χ0) is 13.0. The van der Waals surface area contributed by atoms with Gasteiger partial charge in [-0.05, 0) is 18.6 Å². The number of hydrogen-bond acceptors (Lipinski definition) is 1. The molecule has 4 heteroatoms. The molecule has 0 N–H and O–H groups in total. The summed E-state index contributed by atoms with van der Waals surface area (Å²) in [6, 6.07) is 6.33.